The van der Waals surface area contributed by atoms with Gasteiger partial charge in [0.2, 0.25) is 5.91 Å². The molecule has 0 radical (unpaired) electrons. The maximum Gasteiger partial charge on any atom is 0.311 e. The minimum absolute atomic E-state index is 0.0706. The van der Waals surface area contributed by atoms with Gasteiger partial charge in [-0.15, -0.1) is 0 Å². The van der Waals surface area contributed by atoms with E-state index in [0.29, 0.717) is 50.9 Å². The Morgan fingerprint density at radius 2 is 1.78 bits per heavy atom. The Hall–Kier alpha value is -2.44. The van der Waals surface area contributed by atoms with Gasteiger partial charge in [-0.1, -0.05) is 0 Å². The van der Waals surface area contributed by atoms with Crippen molar-refractivity contribution < 1.29 is 23.9 Å². The van der Waals surface area contributed by atoms with Crippen LogP contribution < -0.4 is 0 Å². The van der Waals surface area contributed by atoms with E-state index in [1.807, 2.05) is 0 Å². The van der Waals surface area contributed by atoms with Crippen LogP contribution in [0.5, 0.6) is 0 Å². The van der Waals surface area contributed by atoms with Gasteiger partial charge in [-0.25, -0.2) is 4.39 Å². The van der Waals surface area contributed by atoms with Crippen LogP contribution in [0.4, 0.5) is 4.39 Å². The van der Waals surface area contributed by atoms with Crippen LogP contribution in [-0.4, -0.2) is 58.9 Å². The number of amides is 2. The number of rotatable bonds is 3. The Morgan fingerprint density at radius 1 is 1.11 bits per heavy atom. The molecule has 1 aromatic carbocycles. The van der Waals surface area contributed by atoms with Crippen molar-refractivity contribution in [2.24, 2.45) is 11.3 Å². The van der Waals surface area contributed by atoms with E-state index in [-0.39, 0.29) is 24.3 Å². The Labute approximate surface area is 157 Å². The lowest BCUT2D eigenvalue weighted by Gasteiger charge is -2.41. The molecule has 27 heavy (non-hydrogen) atoms. The van der Waals surface area contributed by atoms with E-state index < -0.39 is 17.2 Å². The SMILES string of the molecule is CC1(C(=O)O)CCCN(C(=O)C2CCCN(C(=O)c3ccc(F)cc3)C2)C1. The summed E-state index contributed by atoms with van der Waals surface area (Å²) in [5.74, 6) is -1.87. The van der Waals surface area contributed by atoms with Gasteiger partial charge in [-0.3, -0.25) is 14.4 Å². The van der Waals surface area contributed by atoms with Crippen molar-refractivity contribution in [2.45, 2.75) is 32.6 Å². The molecule has 2 aliphatic heterocycles. The number of carbonyl (C=O) groups excluding carboxylic acids is 2. The largest absolute Gasteiger partial charge is 0.481 e. The maximum atomic E-state index is 13.1. The minimum atomic E-state index is -0.911. The summed E-state index contributed by atoms with van der Waals surface area (Å²) in [4.78, 5) is 40.4. The fourth-order valence-electron chi connectivity index (χ4n) is 4.00. The van der Waals surface area contributed by atoms with Gasteiger partial charge >= 0.3 is 5.97 Å². The highest BCUT2D eigenvalue weighted by Crippen LogP contribution is 2.31. The highest BCUT2D eigenvalue weighted by molar-refractivity contribution is 5.94. The van der Waals surface area contributed by atoms with Crippen LogP contribution in [0.1, 0.15) is 43.0 Å². The van der Waals surface area contributed by atoms with Gasteiger partial charge in [0.25, 0.3) is 5.91 Å². The summed E-state index contributed by atoms with van der Waals surface area (Å²) >= 11 is 0. The fourth-order valence-corrected chi connectivity index (χ4v) is 4.00. The maximum absolute atomic E-state index is 13.1. The van der Waals surface area contributed by atoms with Crippen molar-refractivity contribution >= 4 is 17.8 Å². The van der Waals surface area contributed by atoms with Crippen LogP contribution in [0.3, 0.4) is 0 Å². The number of likely N-dealkylation sites (tertiary alicyclic amines) is 2. The standard InChI is InChI=1S/C20H25FN2O4/c1-20(19(26)27)9-3-11-23(13-20)18(25)15-4-2-10-22(12-15)17(24)14-5-7-16(21)8-6-14/h5-8,15H,2-4,9-13H2,1H3,(H,26,27). The average Bonchev–Trinajstić information content (AvgIpc) is 2.67. The van der Waals surface area contributed by atoms with E-state index in [9.17, 15) is 23.9 Å². The van der Waals surface area contributed by atoms with E-state index >= 15 is 0 Å². The van der Waals surface area contributed by atoms with E-state index in [1.165, 1.54) is 24.3 Å². The molecule has 1 aromatic rings. The van der Waals surface area contributed by atoms with Crippen LogP contribution in [-0.2, 0) is 9.59 Å². The number of hydrogen-bond donors (Lipinski definition) is 1. The van der Waals surface area contributed by atoms with Crippen molar-refractivity contribution in [3.8, 4) is 0 Å². The number of halogens is 1. The molecule has 0 spiro atoms. The zero-order chi connectivity index (χ0) is 19.6. The first-order valence-corrected chi connectivity index (χ1v) is 9.37. The van der Waals surface area contributed by atoms with Gasteiger partial charge < -0.3 is 14.9 Å². The Bertz CT molecular complexity index is 736. The smallest absolute Gasteiger partial charge is 0.311 e. The second-order valence-corrected chi connectivity index (χ2v) is 7.83. The Kier molecular flexibility index (Phi) is 5.48. The average molecular weight is 376 g/mol. The molecule has 2 atom stereocenters. The quantitative estimate of drug-likeness (QED) is 0.879. The highest BCUT2D eigenvalue weighted by Gasteiger charge is 2.41. The van der Waals surface area contributed by atoms with Gasteiger partial charge in [-0.05, 0) is 56.9 Å². The molecular weight excluding hydrogens is 351 g/mol. The van der Waals surface area contributed by atoms with Crippen molar-refractivity contribution in [1.82, 2.24) is 9.80 Å². The molecule has 6 nitrogen and oxygen atoms in total. The molecule has 0 saturated carbocycles. The van der Waals surface area contributed by atoms with Crippen LogP contribution in [0.25, 0.3) is 0 Å². The summed E-state index contributed by atoms with van der Waals surface area (Å²) in [6.07, 6.45) is 2.63. The third-order valence-corrected chi connectivity index (χ3v) is 5.67. The van der Waals surface area contributed by atoms with Crippen LogP contribution in [0, 0.1) is 17.2 Å². The number of benzene rings is 1. The lowest BCUT2D eigenvalue weighted by molar-refractivity contribution is -0.154. The Balaban J connectivity index is 1.66. The number of carboxylic acids is 1. The minimum Gasteiger partial charge on any atom is -0.481 e. The molecule has 3 rings (SSSR count). The number of nitrogens with zero attached hydrogens (tertiary/aromatic N) is 2. The van der Waals surface area contributed by atoms with Crippen molar-refractivity contribution in [3.63, 3.8) is 0 Å². The summed E-state index contributed by atoms with van der Waals surface area (Å²) in [5.41, 5.74) is -0.507. The lowest BCUT2D eigenvalue weighted by Crippen LogP contribution is -2.52. The molecule has 2 fully saturated rings. The number of aliphatic carboxylic acids is 1. The zero-order valence-corrected chi connectivity index (χ0v) is 15.5. The number of piperidine rings is 2. The molecule has 2 unspecified atom stereocenters. The number of carbonyl (C=O) groups is 3. The second kappa shape index (κ2) is 7.66. The third-order valence-electron chi connectivity index (χ3n) is 5.67. The molecule has 0 aliphatic carbocycles. The molecule has 0 aromatic heterocycles. The first-order chi connectivity index (χ1) is 12.8. The normalized spacial score (nSPS) is 25.9. The summed E-state index contributed by atoms with van der Waals surface area (Å²) in [5, 5.41) is 9.45. The molecule has 0 bridgehead atoms. The van der Waals surface area contributed by atoms with Gasteiger partial charge in [0.1, 0.15) is 5.82 Å². The first-order valence-electron chi connectivity index (χ1n) is 9.37. The van der Waals surface area contributed by atoms with Crippen molar-refractivity contribution in [2.75, 3.05) is 26.2 Å². The molecule has 2 saturated heterocycles. The first kappa shape index (κ1) is 19.3. The molecule has 2 aliphatic rings. The fraction of sp³-hybridized carbons (Fsp3) is 0.550. The summed E-state index contributed by atoms with van der Waals surface area (Å²) in [7, 11) is 0. The lowest BCUT2D eigenvalue weighted by atomic mass is 9.81. The van der Waals surface area contributed by atoms with Crippen LogP contribution in [0.15, 0.2) is 24.3 Å². The van der Waals surface area contributed by atoms with Crippen LogP contribution in [0.2, 0.25) is 0 Å². The van der Waals surface area contributed by atoms with Gasteiger partial charge in [0, 0.05) is 31.7 Å². The second-order valence-electron chi connectivity index (χ2n) is 7.83. The summed E-state index contributed by atoms with van der Waals surface area (Å²) in [6.45, 7) is 3.33. The van der Waals surface area contributed by atoms with Gasteiger partial charge in [0.05, 0.1) is 11.3 Å². The predicted octanol–water partition coefficient (Wildman–Crippen LogP) is 2.39. The van der Waals surface area contributed by atoms with Gasteiger partial charge in [0.15, 0.2) is 0 Å². The monoisotopic (exact) mass is 376 g/mol. The Morgan fingerprint density at radius 3 is 2.44 bits per heavy atom. The van der Waals surface area contributed by atoms with E-state index in [1.54, 1.807) is 16.7 Å². The number of hydrogen-bond acceptors (Lipinski definition) is 3. The summed E-state index contributed by atoms with van der Waals surface area (Å²) in [6, 6.07) is 5.40. The van der Waals surface area contributed by atoms with E-state index in [0.717, 1.165) is 0 Å². The van der Waals surface area contributed by atoms with Crippen LogP contribution >= 0.6 is 0 Å². The molecule has 1 N–H and O–H groups in total. The molecule has 7 heteroatoms. The molecule has 146 valence electrons. The zero-order valence-electron chi connectivity index (χ0n) is 15.5. The van der Waals surface area contributed by atoms with Crippen molar-refractivity contribution in [3.05, 3.63) is 35.6 Å². The third kappa shape index (κ3) is 4.12. The topological polar surface area (TPSA) is 77.9 Å². The molecule has 2 heterocycles. The number of carboxylic acid groups (broad SMARTS) is 1. The van der Waals surface area contributed by atoms with E-state index in [4.69, 9.17) is 0 Å². The van der Waals surface area contributed by atoms with Crippen molar-refractivity contribution in [1.29, 1.82) is 0 Å². The van der Waals surface area contributed by atoms with Gasteiger partial charge in [-0.2, -0.15) is 0 Å². The predicted molar refractivity (Wildman–Crippen MR) is 96.6 cm³/mol. The molecule has 2 amide bonds. The van der Waals surface area contributed by atoms with E-state index in [2.05, 4.69) is 0 Å². The molecular formula is C20H25FN2O4. The summed E-state index contributed by atoms with van der Waals surface area (Å²) < 4.78 is 13.1. The highest BCUT2D eigenvalue weighted by atomic mass is 19.1.